The first-order valence-corrected chi connectivity index (χ1v) is 18.5. The van der Waals surface area contributed by atoms with E-state index < -0.39 is 32.5 Å². The number of carbonyl (C=O) groups is 1. The zero-order chi connectivity index (χ0) is 35.7. The minimum Gasteiger partial charge on any atom is -0.497 e. The number of hydrogen-bond acceptors (Lipinski definition) is 8. The Morgan fingerprint density at radius 3 is 1.86 bits per heavy atom. The van der Waals surface area contributed by atoms with Crippen molar-refractivity contribution in [2.24, 2.45) is 5.10 Å². The molecule has 1 heterocycles. The largest absolute Gasteiger partial charge is 0.497 e. The zero-order valence-corrected chi connectivity index (χ0v) is 29.5. The lowest BCUT2D eigenvalue weighted by Gasteiger charge is -2.22. The molecule has 0 fully saturated rings. The third kappa shape index (κ3) is 9.33. The number of nitrogens with one attached hydrogen (secondary N) is 1. The average Bonchev–Trinajstić information content (AvgIpc) is 3.56. The molecule has 1 N–H and O–H groups in total. The van der Waals surface area contributed by atoms with E-state index in [2.05, 4.69) is 10.5 Å². The maximum atomic E-state index is 13.7. The molecule has 0 atom stereocenters. The minimum absolute atomic E-state index is 0.00876. The SMILES string of the molecule is COc1ccc(S(=O)(=O)N(CC(=O)N/N=C\c2ccc(CN(Cc3ccc(C)cc3)S(=O)(=O)c3ccc(C)cc3)o2)Cc2ccccc2)cc1. The Morgan fingerprint density at radius 1 is 0.700 bits per heavy atom. The van der Waals surface area contributed by atoms with E-state index in [0.717, 1.165) is 21.0 Å². The maximum Gasteiger partial charge on any atom is 0.255 e. The Kier molecular flexibility index (Phi) is 11.6. The van der Waals surface area contributed by atoms with E-state index in [1.54, 1.807) is 60.7 Å². The number of hydrogen-bond donors (Lipinski definition) is 1. The number of methoxy groups -OCH3 is 1. The van der Waals surface area contributed by atoms with Crippen LogP contribution < -0.4 is 10.2 Å². The van der Waals surface area contributed by atoms with Crippen molar-refractivity contribution in [1.29, 1.82) is 0 Å². The average molecular weight is 715 g/mol. The van der Waals surface area contributed by atoms with Crippen LogP contribution in [0.15, 0.2) is 135 Å². The summed E-state index contributed by atoms with van der Waals surface area (Å²) in [5.74, 6) is 0.448. The predicted molar refractivity (Wildman–Crippen MR) is 190 cm³/mol. The quantitative estimate of drug-likeness (QED) is 0.110. The lowest BCUT2D eigenvalue weighted by atomic mass is 10.1. The Balaban J connectivity index is 1.28. The molecule has 0 bridgehead atoms. The minimum atomic E-state index is -4.07. The fourth-order valence-electron chi connectivity index (χ4n) is 4.98. The van der Waals surface area contributed by atoms with Crippen LogP contribution in [0.2, 0.25) is 0 Å². The summed E-state index contributed by atoms with van der Waals surface area (Å²) in [7, 11) is -6.48. The monoisotopic (exact) mass is 714 g/mol. The molecule has 4 aromatic carbocycles. The fourth-order valence-corrected chi connectivity index (χ4v) is 7.76. The van der Waals surface area contributed by atoms with Crippen molar-refractivity contribution in [2.75, 3.05) is 13.7 Å². The molecule has 0 saturated carbocycles. The van der Waals surface area contributed by atoms with Crippen molar-refractivity contribution >= 4 is 32.2 Å². The first-order valence-electron chi connectivity index (χ1n) is 15.6. The van der Waals surface area contributed by atoms with Gasteiger partial charge in [-0.2, -0.15) is 13.7 Å². The first-order chi connectivity index (χ1) is 23.9. The molecule has 5 rings (SSSR count). The third-order valence-corrected chi connectivity index (χ3v) is 11.4. The van der Waals surface area contributed by atoms with E-state index in [1.807, 2.05) is 44.2 Å². The van der Waals surface area contributed by atoms with Crippen molar-refractivity contribution in [3.63, 3.8) is 0 Å². The summed E-state index contributed by atoms with van der Waals surface area (Å²) >= 11 is 0. The maximum absolute atomic E-state index is 13.7. The van der Waals surface area contributed by atoms with Crippen LogP contribution in [-0.4, -0.2) is 51.2 Å². The highest BCUT2D eigenvalue weighted by atomic mass is 32.2. The van der Waals surface area contributed by atoms with Crippen LogP contribution in [-0.2, 0) is 44.5 Å². The highest BCUT2D eigenvalue weighted by Gasteiger charge is 2.28. The van der Waals surface area contributed by atoms with E-state index in [9.17, 15) is 21.6 Å². The molecule has 0 aliphatic carbocycles. The van der Waals surface area contributed by atoms with Gasteiger partial charge in [-0.25, -0.2) is 22.3 Å². The van der Waals surface area contributed by atoms with Gasteiger partial charge in [0.25, 0.3) is 5.91 Å². The standard InChI is InChI=1S/C37H38N4O7S2/c1-28-9-13-31(14-10-28)25-40(49(43,44)35-19-11-29(2)12-20-35)26-34-16-15-33(48-34)23-38-39-37(42)27-41(24-30-7-5-4-6-8-30)50(45,46)36-21-17-32(47-3)18-22-36/h4-23H,24-27H2,1-3H3,(H,39,42)/b38-23-. The molecule has 0 aliphatic rings. The van der Waals surface area contributed by atoms with Gasteiger partial charge in [0, 0.05) is 13.1 Å². The molecular weight excluding hydrogens is 677 g/mol. The van der Waals surface area contributed by atoms with Gasteiger partial charge in [-0.3, -0.25) is 4.79 Å². The lowest BCUT2D eigenvalue weighted by molar-refractivity contribution is -0.121. The first kappa shape index (κ1) is 36.2. The number of nitrogens with zero attached hydrogens (tertiary/aromatic N) is 3. The number of aryl methyl sites for hydroxylation is 2. The number of ether oxygens (including phenoxy) is 1. The van der Waals surface area contributed by atoms with Gasteiger partial charge in [-0.15, -0.1) is 0 Å². The lowest BCUT2D eigenvalue weighted by Crippen LogP contribution is -2.39. The summed E-state index contributed by atoms with van der Waals surface area (Å²) in [6.45, 7) is 3.37. The molecular formula is C37H38N4O7S2. The van der Waals surface area contributed by atoms with Gasteiger partial charge in [0.15, 0.2) is 0 Å². The molecule has 11 nitrogen and oxygen atoms in total. The molecule has 0 saturated heterocycles. The molecule has 0 aliphatic heterocycles. The topological polar surface area (TPSA) is 139 Å². The van der Waals surface area contributed by atoms with Crippen molar-refractivity contribution in [3.05, 3.63) is 149 Å². The van der Waals surface area contributed by atoms with Crippen molar-refractivity contribution in [3.8, 4) is 5.75 Å². The molecule has 0 spiro atoms. The number of amides is 1. The number of rotatable bonds is 15. The van der Waals surface area contributed by atoms with Gasteiger partial charge in [0.05, 0.1) is 36.2 Å². The van der Waals surface area contributed by atoms with Gasteiger partial charge >= 0.3 is 0 Å². The van der Waals surface area contributed by atoms with Crippen LogP contribution in [0, 0.1) is 13.8 Å². The molecule has 50 heavy (non-hydrogen) atoms. The van der Waals surface area contributed by atoms with E-state index in [-0.39, 0.29) is 35.2 Å². The van der Waals surface area contributed by atoms with Crippen molar-refractivity contribution < 1.29 is 30.8 Å². The van der Waals surface area contributed by atoms with Crippen LogP contribution in [0.1, 0.15) is 33.8 Å². The number of benzene rings is 4. The Bertz CT molecular complexity index is 2130. The van der Waals surface area contributed by atoms with Gasteiger partial charge in [0.1, 0.15) is 17.3 Å². The summed E-state index contributed by atoms with van der Waals surface area (Å²) in [5.41, 5.74) is 5.89. The van der Waals surface area contributed by atoms with Gasteiger partial charge < -0.3 is 9.15 Å². The van der Waals surface area contributed by atoms with E-state index in [1.165, 1.54) is 41.9 Å². The molecule has 0 unspecified atom stereocenters. The second-order valence-corrected chi connectivity index (χ2v) is 15.5. The van der Waals surface area contributed by atoms with Crippen molar-refractivity contribution in [1.82, 2.24) is 14.0 Å². The zero-order valence-electron chi connectivity index (χ0n) is 27.9. The van der Waals surface area contributed by atoms with Gasteiger partial charge in [-0.1, -0.05) is 77.9 Å². The normalized spacial score (nSPS) is 12.1. The highest BCUT2D eigenvalue weighted by Crippen LogP contribution is 2.24. The summed E-state index contributed by atoms with van der Waals surface area (Å²) in [4.78, 5) is 13.1. The summed E-state index contributed by atoms with van der Waals surface area (Å²) in [6.07, 6.45) is 1.26. The number of furan rings is 1. The number of sulfonamides is 2. The van der Waals surface area contributed by atoms with E-state index in [4.69, 9.17) is 9.15 Å². The number of carbonyl (C=O) groups excluding carboxylic acids is 1. The highest BCUT2D eigenvalue weighted by molar-refractivity contribution is 7.89. The molecule has 0 radical (unpaired) electrons. The van der Waals surface area contributed by atoms with Crippen molar-refractivity contribution in [2.45, 2.75) is 43.3 Å². The third-order valence-electron chi connectivity index (χ3n) is 7.75. The van der Waals surface area contributed by atoms with Gasteiger partial charge in [-0.05, 0) is 73.5 Å². The Hall–Kier alpha value is -5.08. The molecule has 260 valence electrons. The van der Waals surface area contributed by atoms with E-state index in [0.29, 0.717) is 17.1 Å². The smallest absolute Gasteiger partial charge is 0.255 e. The molecule has 1 amide bonds. The second-order valence-electron chi connectivity index (χ2n) is 11.6. The Labute approximate surface area is 292 Å². The van der Waals surface area contributed by atoms with Crippen LogP contribution >= 0.6 is 0 Å². The van der Waals surface area contributed by atoms with Crippen LogP contribution in [0.25, 0.3) is 0 Å². The molecule has 13 heteroatoms. The molecule has 5 aromatic rings. The van der Waals surface area contributed by atoms with Crippen LogP contribution in [0.4, 0.5) is 0 Å². The summed E-state index contributed by atoms with van der Waals surface area (Å²) < 4.78 is 68.0. The van der Waals surface area contributed by atoms with Gasteiger partial charge in [0.2, 0.25) is 20.0 Å². The number of hydrazone groups is 1. The van der Waals surface area contributed by atoms with Crippen LogP contribution in [0.3, 0.4) is 0 Å². The molecule has 1 aromatic heterocycles. The predicted octanol–water partition coefficient (Wildman–Crippen LogP) is 5.64. The second kappa shape index (κ2) is 16.1. The summed E-state index contributed by atoms with van der Waals surface area (Å²) in [6, 6.07) is 32.4. The van der Waals surface area contributed by atoms with E-state index >= 15 is 0 Å². The fraction of sp³-hybridized carbons (Fsp3) is 0.189. The Morgan fingerprint density at radius 2 is 1.24 bits per heavy atom. The van der Waals surface area contributed by atoms with Crippen LogP contribution in [0.5, 0.6) is 5.75 Å². The summed E-state index contributed by atoms with van der Waals surface area (Å²) in [5, 5.41) is 3.96.